The first kappa shape index (κ1) is 15.5. The van der Waals surface area contributed by atoms with Crippen LogP contribution in [0.3, 0.4) is 0 Å². The second-order valence-electron chi connectivity index (χ2n) is 5.19. The van der Waals surface area contributed by atoms with Crippen molar-refractivity contribution >= 4 is 11.6 Å². The van der Waals surface area contributed by atoms with Crippen LogP contribution in [0.15, 0.2) is 0 Å². The van der Waals surface area contributed by atoms with Gasteiger partial charge in [-0.3, -0.25) is 4.68 Å². The van der Waals surface area contributed by atoms with Crippen LogP contribution < -0.4 is 5.32 Å². The molecule has 0 aliphatic rings. The number of halogens is 1. The maximum absolute atomic E-state index is 6.30. The van der Waals surface area contributed by atoms with E-state index in [1.807, 2.05) is 14.0 Å². The molecule has 0 radical (unpaired) electrons. The molecule has 2 atom stereocenters. The predicted octanol–water partition coefficient (Wildman–Crippen LogP) is 3.34. The molecular weight excluding hydrogens is 246 g/mol. The number of hydrogen-bond acceptors (Lipinski definition) is 2. The van der Waals surface area contributed by atoms with Gasteiger partial charge >= 0.3 is 0 Å². The Balaban J connectivity index is 2.76. The summed E-state index contributed by atoms with van der Waals surface area (Å²) in [7, 11) is 1.90. The second-order valence-corrected chi connectivity index (χ2v) is 5.54. The van der Waals surface area contributed by atoms with Gasteiger partial charge in [-0.2, -0.15) is 5.10 Å². The Labute approximate surface area is 116 Å². The highest BCUT2D eigenvalue weighted by atomic mass is 35.5. The first-order chi connectivity index (χ1) is 8.49. The third-order valence-corrected chi connectivity index (χ3v) is 4.07. The zero-order valence-electron chi connectivity index (χ0n) is 12.3. The molecule has 4 heteroatoms. The zero-order chi connectivity index (χ0) is 13.7. The topological polar surface area (TPSA) is 29.9 Å². The third-order valence-electron chi connectivity index (χ3n) is 3.60. The molecule has 1 aromatic heterocycles. The van der Waals surface area contributed by atoms with Gasteiger partial charge in [0.25, 0.3) is 0 Å². The summed E-state index contributed by atoms with van der Waals surface area (Å²) in [4.78, 5) is 0. The van der Waals surface area contributed by atoms with E-state index in [1.54, 1.807) is 4.68 Å². The maximum atomic E-state index is 6.30. The van der Waals surface area contributed by atoms with Gasteiger partial charge in [-0.15, -0.1) is 0 Å². The Morgan fingerprint density at radius 1 is 1.39 bits per heavy atom. The summed E-state index contributed by atoms with van der Waals surface area (Å²) in [6.07, 6.45) is 3.38. The molecule has 1 heterocycles. The van der Waals surface area contributed by atoms with E-state index < -0.39 is 0 Å². The molecule has 1 aromatic rings. The monoisotopic (exact) mass is 271 g/mol. The van der Waals surface area contributed by atoms with Crippen molar-refractivity contribution in [3.05, 3.63) is 16.4 Å². The van der Waals surface area contributed by atoms with Crippen LogP contribution in [0.1, 0.15) is 44.9 Å². The SMILES string of the molecule is CCNC(Cc1c(C)nn(C)c1Cl)CC(C)CC. The van der Waals surface area contributed by atoms with Gasteiger partial charge < -0.3 is 5.32 Å². The quantitative estimate of drug-likeness (QED) is 0.824. The summed E-state index contributed by atoms with van der Waals surface area (Å²) in [5.74, 6) is 0.741. The van der Waals surface area contributed by atoms with E-state index in [9.17, 15) is 0 Å². The average Bonchev–Trinajstić information content (AvgIpc) is 2.56. The van der Waals surface area contributed by atoms with Crippen molar-refractivity contribution in [2.75, 3.05) is 6.54 Å². The summed E-state index contributed by atoms with van der Waals surface area (Å²) in [5.41, 5.74) is 2.24. The summed E-state index contributed by atoms with van der Waals surface area (Å²) in [6, 6.07) is 0.491. The van der Waals surface area contributed by atoms with Crippen molar-refractivity contribution in [3.8, 4) is 0 Å². The van der Waals surface area contributed by atoms with Crippen LogP contribution in [0.5, 0.6) is 0 Å². The van der Waals surface area contributed by atoms with Crippen LogP contribution in [0.25, 0.3) is 0 Å². The molecule has 18 heavy (non-hydrogen) atoms. The van der Waals surface area contributed by atoms with Gasteiger partial charge in [0, 0.05) is 18.7 Å². The van der Waals surface area contributed by atoms with Crippen LogP contribution in [0.4, 0.5) is 0 Å². The first-order valence-corrected chi connectivity index (χ1v) is 7.28. The van der Waals surface area contributed by atoms with E-state index in [-0.39, 0.29) is 0 Å². The molecule has 0 saturated carbocycles. The van der Waals surface area contributed by atoms with Gasteiger partial charge in [-0.05, 0) is 32.2 Å². The molecule has 3 nitrogen and oxygen atoms in total. The largest absolute Gasteiger partial charge is 0.314 e. The molecule has 0 aliphatic heterocycles. The number of nitrogens with one attached hydrogen (secondary N) is 1. The molecule has 1 rings (SSSR count). The predicted molar refractivity (Wildman–Crippen MR) is 78.2 cm³/mol. The summed E-state index contributed by atoms with van der Waals surface area (Å²) in [6.45, 7) is 9.74. The van der Waals surface area contributed by atoms with Crippen molar-refractivity contribution in [1.29, 1.82) is 0 Å². The molecule has 0 bridgehead atoms. The van der Waals surface area contributed by atoms with Crippen LogP contribution >= 0.6 is 11.6 Å². The Morgan fingerprint density at radius 3 is 2.50 bits per heavy atom. The zero-order valence-corrected chi connectivity index (χ0v) is 13.0. The summed E-state index contributed by atoms with van der Waals surface area (Å²) in [5, 5.41) is 8.72. The highest BCUT2D eigenvalue weighted by molar-refractivity contribution is 6.30. The van der Waals surface area contributed by atoms with Crippen molar-refractivity contribution in [2.45, 2.75) is 53.0 Å². The smallest absolute Gasteiger partial charge is 0.130 e. The molecule has 1 N–H and O–H groups in total. The Kier molecular flexibility index (Phi) is 6.16. The molecule has 0 saturated heterocycles. The molecule has 0 aromatic carbocycles. The molecule has 2 unspecified atom stereocenters. The van der Waals surface area contributed by atoms with E-state index >= 15 is 0 Å². The highest BCUT2D eigenvalue weighted by Crippen LogP contribution is 2.22. The lowest BCUT2D eigenvalue weighted by Crippen LogP contribution is -2.32. The molecule has 0 aliphatic carbocycles. The molecule has 104 valence electrons. The van der Waals surface area contributed by atoms with Crippen molar-refractivity contribution < 1.29 is 0 Å². The first-order valence-electron chi connectivity index (χ1n) is 6.90. The number of aromatic nitrogens is 2. The standard InChI is InChI=1S/C14H26ClN3/c1-6-10(3)8-12(16-7-2)9-13-11(4)17-18(5)14(13)15/h10,12,16H,6-9H2,1-5H3. The van der Waals surface area contributed by atoms with E-state index in [0.29, 0.717) is 6.04 Å². The van der Waals surface area contributed by atoms with E-state index in [0.717, 1.165) is 29.7 Å². The minimum atomic E-state index is 0.491. The number of aryl methyl sites for hydroxylation is 2. The Bertz CT molecular complexity index is 373. The fourth-order valence-electron chi connectivity index (χ4n) is 2.33. The van der Waals surface area contributed by atoms with E-state index in [1.165, 1.54) is 18.4 Å². The van der Waals surface area contributed by atoms with Crippen molar-refractivity contribution in [3.63, 3.8) is 0 Å². The van der Waals surface area contributed by atoms with Gasteiger partial charge in [0.2, 0.25) is 0 Å². The minimum absolute atomic E-state index is 0.491. The van der Waals surface area contributed by atoms with Gasteiger partial charge in [-0.25, -0.2) is 0 Å². The van der Waals surface area contributed by atoms with Crippen LogP contribution in [0, 0.1) is 12.8 Å². The molecule has 0 spiro atoms. The maximum Gasteiger partial charge on any atom is 0.130 e. The normalized spacial score (nSPS) is 14.8. The highest BCUT2D eigenvalue weighted by Gasteiger charge is 2.18. The van der Waals surface area contributed by atoms with Gasteiger partial charge in [-0.1, -0.05) is 38.8 Å². The number of rotatable bonds is 7. The van der Waals surface area contributed by atoms with Crippen LogP contribution in [-0.4, -0.2) is 22.4 Å². The fourth-order valence-corrected chi connectivity index (χ4v) is 2.58. The van der Waals surface area contributed by atoms with Crippen molar-refractivity contribution in [1.82, 2.24) is 15.1 Å². The fraction of sp³-hybridized carbons (Fsp3) is 0.786. The minimum Gasteiger partial charge on any atom is -0.314 e. The van der Waals surface area contributed by atoms with Crippen LogP contribution in [-0.2, 0) is 13.5 Å². The second kappa shape index (κ2) is 7.15. The molecule has 0 amide bonds. The van der Waals surface area contributed by atoms with Gasteiger partial charge in [0.15, 0.2) is 0 Å². The lowest BCUT2D eigenvalue weighted by molar-refractivity contribution is 0.397. The van der Waals surface area contributed by atoms with Gasteiger partial charge in [0.05, 0.1) is 5.69 Å². The van der Waals surface area contributed by atoms with Crippen LogP contribution in [0.2, 0.25) is 5.15 Å². The number of nitrogens with zero attached hydrogens (tertiary/aromatic N) is 2. The Morgan fingerprint density at radius 2 is 2.06 bits per heavy atom. The van der Waals surface area contributed by atoms with E-state index in [4.69, 9.17) is 11.6 Å². The molecule has 0 fully saturated rings. The summed E-state index contributed by atoms with van der Waals surface area (Å²) < 4.78 is 1.76. The lowest BCUT2D eigenvalue weighted by Gasteiger charge is -2.21. The molecular formula is C14H26ClN3. The summed E-state index contributed by atoms with van der Waals surface area (Å²) >= 11 is 6.30. The van der Waals surface area contributed by atoms with E-state index in [2.05, 4.69) is 31.2 Å². The third kappa shape index (κ3) is 3.99. The Hall–Kier alpha value is -0.540. The van der Waals surface area contributed by atoms with Crippen molar-refractivity contribution in [2.24, 2.45) is 13.0 Å². The average molecular weight is 272 g/mol. The lowest BCUT2D eigenvalue weighted by atomic mass is 9.95. The number of likely N-dealkylation sites (N-methyl/N-ethyl adjacent to an activating group) is 1. The van der Waals surface area contributed by atoms with Gasteiger partial charge in [0.1, 0.15) is 5.15 Å². The number of hydrogen-bond donors (Lipinski definition) is 1.